The van der Waals surface area contributed by atoms with E-state index in [-0.39, 0.29) is 0 Å². The quantitative estimate of drug-likeness (QED) is 0.461. The second kappa shape index (κ2) is 7.17. The van der Waals surface area contributed by atoms with Gasteiger partial charge in [0.25, 0.3) is 0 Å². The SMILES string of the molecule is COc1cc2nc(Nc3nc(-c4ccc(C)cc4C)cs3)sc2cc1OC. The number of anilines is 2. The lowest BCUT2D eigenvalue weighted by molar-refractivity contribution is 0.356. The van der Waals surface area contributed by atoms with Gasteiger partial charge in [-0.15, -0.1) is 11.3 Å². The third-order valence-electron chi connectivity index (χ3n) is 4.27. The summed E-state index contributed by atoms with van der Waals surface area (Å²) in [5.41, 5.74) is 5.48. The first-order valence-corrected chi connectivity index (χ1v) is 10.1. The number of methoxy groups -OCH3 is 2. The molecule has 138 valence electrons. The molecule has 0 spiro atoms. The second-order valence-electron chi connectivity index (χ2n) is 6.18. The number of hydrogen-bond donors (Lipinski definition) is 1. The van der Waals surface area contributed by atoms with Crippen LogP contribution in [0.3, 0.4) is 0 Å². The van der Waals surface area contributed by atoms with Gasteiger partial charge < -0.3 is 14.8 Å². The number of hydrogen-bond acceptors (Lipinski definition) is 7. The maximum absolute atomic E-state index is 5.37. The minimum Gasteiger partial charge on any atom is -0.493 e. The molecule has 0 fully saturated rings. The number of benzene rings is 2. The minimum atomic E-state index is 0.674. The van der Waals surface area contributed by atoms with Crippen LogP contribution in [0.4, 0.5) is 10.3 Å². The van der Waals surface area contributed by atoms with Gasteiger partial charge in [-0.25, -0.2) is 9.97 Å². The van der Waals surface area contributed by atoms with E-state index in [0.717, 1.165) is 31.7 Å². The Labute approximate surface area is 165 Å². The van der Waals surface area contributed by atoms with Crippen molar-refractivity contribution in [3.63, 3.8) is 0 Å². The Balaban J connectivity index is 1.62. The summed E-state index contributed by atoms with van der Waals surface area (Å²) in [6.07, 6.45) is 0. The van der Waals surface area contributed by atoms with Crippen molar-refractivity contribution in [3.05, 3.63) is 46.8 Å². The van der Waals surface area contributed by atoms with E-state index in [1.807, 2.05) is 12.1 Å². The minimum absolute atomic E-state index is 0.674. The average molecular weight is 398 g/mol. The Kier molecular flexibility index (Phi) is 4.72. The summed E-state index contributed by atoms with van der Waals surface area (Å²) in [6.45, 7) is 4.21. The zero-order valence-corrected chi connectivity index (χ0v) is 17.1. The average Bonchev–Trinajstić information content (AvgIpc) is 3.26. The second-order valence-corrected chi connectivity index (χ2v) is 8.06. The van der Waals surface area contributed by atoms with E-state index in [9.17, 15) is 0 Å². The Morgan fingerprint density at radius 3 is 2.44 bits per heavy atom. The summed E-state index contributed by atoms with van der Waals surface area (Å²) in [5, 5.41) is 7.01. The molecule has 2 heterocycles. The number of fused-ring (bicyclic) bond motifs is 1. The monoisotopic (exact) mass is 397 g/mol. The maximum Gasteiger partial charge on any atom is 0.190 e. The summed E-state index contributed by atoms with van der Waals surface area (Å²) in [4.78, 5) is 9.37. The molecule has 2 aromatic carbocycles. The molecule has 0 aliphatic carbocycles. The van der Waals surface area contributed by atoms with Crippen LogP contribution >= 0.6 is 22.7 Å². The molecule has 4 aromatic rings. The number of rotatable bonds is 5. The van der Waals surface area contributed by atoms with Crippen LogP contribution in [0.2, 0.25) is 0 Å². The molecule has 0 saturated carbocycles. The topological polar surface area (TPSA) is 56.3 Å². The number of aromatic nitrogens is 2. The summed E-state index contributed by atoms with van der Waals surface area (Å²) >= 11 is 3.13. The van der Waals surface area contributed by atoms with E-state index in [2.05, 4.69) is 47.7 Å². The molecule has 4 rings (SSSR count). The number of nitrogens with zero attached hydrogens (tertiary/aromatic N) is 2. The van der Waals surface area contributed by atoms with Gasteiger partial charge in [0.2, 0.25) is 0 Å². The van der Waals surface area contributed by atoms with E-state index in [4.69, 9.17) is 14.5 Å². The highest BCUT2D eigenvalue weighted by molar-refractivity contribution is 7.22. The fourth-order valence-electron chi connectivity index (χ4n) is 2.96. The van der Waals surface area contributed by atoms with Crippen LogP contribution in [0.1, 0.15) is 11.1 Å². The molecule has 7 heteroatoms. The zero-order chi connectivity index (χ0) is 19.0. The lowest BCUT2D eigenvalue weighted by Gasteiger charge is -2.05. The van der Waals surface area contributed by atoms with Crippen LogP contribution in [0.25, 0.3) is 21.5 Å². The van der Waals surface area contributed by atoms with Gasteiger partial charge in [-0.1, -0.05) is 35.1 Å². The summed E-state index contributed by atoms with van der Waals surface area (Å²) in [5.74, 6) is 1.37. The molecule has 0 bridgehead atoms. The lowest BCUT2D eigenvalue weighted by Crippen LogP contribution is -1.90. The van der Waals surface area contributed by atoms with E-state index >= 15 is 0 Å². The molecule has 0 aliphatic rings. The first-order chi connectivity index (χ1) is 13.1. The predicted octanol–water partition coefficient (Wildman–Crippen LogP) is 5.80. The first-order valence-electron chi connectivity index (χ1n) is 8.40. The zero-order valence-electron chi connectivity index (χ0n) is 15.5. The van der Waals surface area contributed by atoms with Crippen molar-refractivity contribution in [2.24, 2.45) is 0 Å². The van der Waals surface area contributed by atoms with E-state index in [0.29, 0.717) is 11.5 Å². The predicted molar refractivity (Wildman–Crippen MR) is 113 cm³/mol. The van der Waals surface area contributed by atoms with Crippen molar-refractivity contribution in [1.82, 2.24) is 9.97 Å². The smallest absolute Gasteiger partial charge is 0.190 e. The van der Waals surface area contributed by atoms with Crippen LogP contribution in [-0.2, 0) is 0 Å². The molecule has 1 N–H and O–H groups in total. The van der Waals surface area contributed by atoms with Crippen LogP contribution in [0, 0.1) is 13.8 Å². The molecular weight excluding hydrogens is 378 g/mol. The molecule has 2 aromatic heterocycles. The number of nitrogens with one attached hydrogen (secondary N) is 1. The summed E-state index contributed by atoms with van der Waals surface area (Å²) in [6, 6.07) is 10.2. The Morgan fingerprint density at radius 2 is 1.70 bits per heavy atom. The van der Waals surface area contributed by atoms with Gasteiger partial charge in [-0.3, -0.25) is 0 Å². The van der Waals surface area contributed by atoms with Crippen molar-refractivity contribution >= 4 is 43.2 Å². The maximum atomic E-state index is 5.37. The number of ether oxygens (including phenoxy) is 2. The Morgan fingerprint density at radius 1 is 0.926 bits per heavy atom. The van der Waals surface area contributed by atoms with Gasteiger partial charge in [-0.05, 0) is 19.4 Å². The van der Waals surface area contributed by atoms with Crippen molar-refractivity contribution < 1.29 is 9.47 Å². The summed E-state index contributed by atoms with van der Waals surface area (Å²) < 4.78 is 11.7. The van der Waals surface area contributed by atoms with Crippen LogP contribution < -0.4 is 14.8 Å². The Bertz CT molecular complexity index is 1080. The molecule has 0 radical (unpaired) electrons. The highest BCUT2D eigenvalue weighted by atomic mass is 32.1. The molecule has 0 saturated heterocycles. The largest absolute Gasteiger partial charge is 0.493 e. The molecule has 0 atom stereocenters. The van der Waals surface area contributed by atoms with Gasteiger partial charge in [0.05, 0.1) is 30.1 Å². The van der Waals surface area contributed by atoms with Gasteiger partial charge >= 0.3 is 0 Å². The molecular formula is C20H19N3O2S2. The fraction of sp³-hybridized carbons (Fsp3) is 0.200. The van der Waals surface area contributed by atoms with E-state index < -0.39 is 0 Å². The number of thiazole rings is 2. The van der Waals surface area contributed by atoms with Gasteiger partial charge in [0, 0.05) is 23.1 Å². The number of aryl methyl sites for hydroxylation is 2. The van der Waals surface area contributed by atoms with Crippen LogP contribution in [0.5, 0.6) is 11.5 Å². The molecule has 0 amide bonds. The van der Waals surface area contributed by atoms with Crippen molar-refractivity contribution in [2.75, 3.05) is 19.5 Å². The van der Waals surface area contributed by atoms with Crippen molar-refractivity contribution in [1.29, 1.82) is 0 Å². The Hall–Kier alpha value is -2.64. The normalized spacial score (nSPS) is 11.0. The molecule has 0 aliphatic heterocycles. The molecule has 27 heavy (non-hydrogen) atoms. The van der Waals surface area contributed by atoms with Crippen LogP contribution in [0.15, 0.2) is 35.7 Å². The highest BCUT2D eigenvalue weighted by Crippen LogP contribution is 2.37. The van der Waals surface area contributed by atoms with Gasteiger partial charge in [-0.2, -0.15) is 0 Å². The highest BCUT2D eigenvalue weighted by Gasteiger charge is 2.13. The standard InChI is InChI=1S/C20H19N3O2S2/c1-11-5-6-13(12(2)7-11)15-10-26-19(22-15)23-20-21-14-8-16(24-3)17(25-4)9-18(14)27-20/h5-10H,1-4H3,(H,21,22,23). The van der Waals surface area contributed by atoms with Gasteiger partial charge in [0.15, 0.2) is 21.8 Å². The van der Waals surface area contributed by atoms with Crippen molar-refractivity contribution in [2.45, 2.75) is 13.8 Å². The van der Waals surface area contributed by atoms with Gasteiger partial charge in [0.1, 0.15) is 0 Å². The third kappa shape index (κ3) is 3.48. The summed E-state index contributed by atoms with van der Waals surface area (Å²) in [7, 11) is 3.26. The van der Waals surface area contributed by atoms with E-state index in [1.165, 1.54) is 11.1 Å². The van der Waals surface area contributed by atoms with E-state index in [1.54, 1.807) is 36.9 Å². The lowest BCUT2D eigenvalue weighted by atomic mass is 10.0. The fourth-order valence-corrected chi connectivity index (χ4v) is 4.61. The first kappa shape index (κ1) is 17.8. The van der Waals surface area contributed by atoms with Crippen LogP contribution in [-0.4, -0.2) is 24.2 Å². The third-order valence-corrected chi connectivity index (χ3v) is 5.96. The van der Waals surface area contributed by atoms with Crippen molar-refractivity contribution in [3.8, 4) is 22.8 Å². The molecule has 5 nitrogen and oxygen atoms in total. The molecule has 0 unspecified atom stereocenters.